The molecule has 1 amide bonds. The number of carbonyl (C=O) groups is 3. The second-order valence-electron chi connectivity index (χ2n) is 7.31. The summed E-state index contributed by atoms with van der Waals surface area (Å²) in [5.41, 5.74) is 2.13. The highest BCUT2D eigenvalue weighted by Gasteiger charge is 2.18. The summed E-state index contributed by atoms with van der Waals surface area (Å²) >= 11 is 1.21. The van der Waals surface area contributed by atoms with E-state index in [0.717, 1.165) is 0 Å². The number of carbonyl (C=O) groups excluding carboxylic acids is 3. The average molecular weight is 459 g/mol. The Balaban J connectivity index is 2.14. The van der Waals surface area contributed by atoms with E-state index in [4.69, 9.17) is 9.47 Å². The summed E-state index contributed by atoms with van der Waals surface area (Å²) in [6.07, 6.45) is 0. The van der Waals surface area contributed by atoms with Gasteiger partial charge in [0.15, 0.2) is 4.80 Å². The Kier molecular flexibility index (Phi) is 7.24. The van der Waals surface area contributed by atoms with Crippen molar-refractivity contribution in [1.29, 1.82) is 0 Å². The second kappa shape index (κ2) is 9.90. The number of thiazole rings is 1. The van der Waals surface area contributed by atoms with Gasteiger partial charge in [-0.2, -0.15) is 10.1 Å². The number of hydrogen-bond acceptors (Lipinski definition) is 7. The molecule has 3 rings (SSSR count). The van der Waals surface area contributed by atoms with Crippen molar-refractivity contribution in [1.82, 2.24) is 14.3 Å². The zero-order chi connectivity index (χ0) is 23.4. The first kappa shape index (κ1) is 23.4. The van der Waals surface area contributed by atoms with Gasteiger partial charge >= 0.3 is 11.9 Å². The van der Waals surface area contributed by atoms with Crippen molar-refractivity contribution >= 4 is 39.4 Å². The molecule has 0 bridgehead atoms. The van der Waals surface area contributed by atoms with Gasteiger partial charge in [0.25, 0.3) is 5.91 Å². The standard InChI is InChI=1S/C22H26N4O5S/c1-6-30-19(27)12-25-16-9-8-15(21(29)31-7-2)11-18(16)32-22(25)23-20(28)17-10-14(5)24-26(17)13(3)4/h8-11,13H,6-7,12H2,1-5H3. The van der Waals surface area contributed by atoms with E-state index in [1.54, 1.807) is 47.4 Å². The number of esters is 2. The molecule has 0 atom stereocenters. The van der Waals surface area contributed by atoms with Crippen molar-refractivity contribution in [2.24, 2.45) is 4.99 Å². The van der Waals surface area contributed by atoms with E-state index in [1.165, 1.54) is 11.3 Å². The van der Waals surface area contributed by atoms with Gasteiger partial charge in [0.1, 0.15) is 12.2 Å². The number of amides is 1. The van der Waals surface area contributed by atoms with Gasteiger partial charge in [0.2, 0.25) is 0 Å². The van der Waals surface area contributed by atoms with Crippen LogP contribution in [0.15, 0.2) is 29.3 Å². The Bertz CT molecular complexity index is 1230. The monoisotopic (exact) mass is 458 g/mol. The molecule has 0 aliphatic rings. The molecule has 0 aliphatic carbocycles. The highest BCUT2D eigenvalue weighted by atomic mass is 32.1. The highest BCUT2D eigenvalue weighted by molar-refractivity contribution is 7.16. The van der Waals surface area contributed by atoms with E-state index in [1.807, 2.05) is 20.8 Å². The largest absolute Gasteiger partial charge is 0.465 e. The van der Waals surface area contributed by atoms with Crippen LogP contribution < -0.4 is 4.80 Å². The summed E-state index contributed by atoms with van der Waals surface area (Å²) in [4.78, 5) is 42.0. The molecule has 0 fully saturated rings. The molecule has 1 aromatic carbocycles. The lowest BCUT2D eigenvalue weighted by Gasteiger charge is -2.08. The van der Waals surface area contributed by atoms with Crippen molar-refractivity contribution in [2.75, 3.05) is 13.2 Å². The van der Waals surface area contributed by atoms with Crippen molar-refractivity contribution < 1.29 is 23.9 Å². The predicted octanol–water partition coefficient (Wildman–Crippen LogP) is 3.27. The number of rotatable bonds is 7. The summed E-state index contributed by atoms with van der Waals surface area (Å²) in [7, 11) is 0. The maximum absolute atomic E-state index is 13.0. The molecule has 0 saturated carbocycles. The van der Waals surface area contributed by atoms with Gasteiger partial charge < -0.3 is 14.0 Å². The molecule has 3 aromatic rings. The summed E-state index contributed by atoms with van der Waals surface area (Å²) in [5, 5.41) is 4.37. The first-order valence-corrected chi connectivity index (χ1v) is 11.2. The number of ether oxygens (including phenoxy) is 2. The van der Waals surface area contributed by atoms with E-state index in [2.05, 4.69) is 10.1 Å². The number of benzene rings is 1. The summed E-state index contributed by atoms with van der Waals surface area (Å²) < 4.78 is 14.1. The lowest BCUT2D eigenvalue weighted by Crippen LogP contribution is -2.23. The maximum atomic E-state index is 13.0. The third-order valence-corrected chi connectivity index (χ3v) is 5.59. The minimum absolute atomic E-state index is 0.0148. The smallest absolute Gasteiger partial charge is 0.338 e. The van der Waals surface area contributed by atoms with Crippen LogP contribution in [-0.4, -0.2) is 45.4 Å². The molecule has 0 unspecified atom stereocenters. The lowest BCUT2D eigenvalue weighted by atomic mass is 10.2. The third kappa shape index (κ3) is 4.96. The normalized spacial score (nSPS) is 11.9. The van der Waals surface area contributed by atoms with Crippen LogP contribution in [0.3, 0.4) is 0 Å². The SMILES string of the molecule is CCOC(=O)Cn1c(=NC(=O)c2cc(C)nn2C(C)C)sc2cc(C(=O)OCC)ccc21. The van der Waals surface area contributed by atoms with E-state index in [-0.39, 0.29) is 25.8 Å². The minimum atomic E-state index is -0.464. The molecule has 10 heteroatoms. The summed E-state index contributed by atoms with van der Waals surface area (Å²) in [5.74, 6) is -1.35. The van der Waals surface area contributed by atoms with Crippen LogP contribution in [0.5, 0.6) is 0 Å². The van der Waals surface area contributed by atoms with Crippen molar-refractivity contribution in [3.8, 4) is 0 Å². The number of nitrogens with zero attached hydrogens (tertiary/aromatic N) is 4. The summed E-state index contributed by atoms with van der Waals surface area (Å²) in [6, 6.07) is 6.68. The number of aryl methyl sites for hydroxylation is 1. The molecular formula is C22H26N4O5S. The molecule has 0 N–H and O–H groups in total. The molecule has 0 saturated heterocycles. The van der Waals surface area contributed by atoms with Gasteiger partial charge in [-0.3, -0.25) is 14.3 Å². The van der Waals surface area contributed by atoms with E-state index in [9.17, 15) is 14.4 Å². The van der Waals surface area contributed by atoms with E-state index in [0.29, 0.717) is 32.0 Å². The van der Waals surface area contributed by atoms with Crippen LogP contribution in [0.25, 0.3) is 10.2 Å². The fourth-order valence-corrected chi connectivity index (χ4v) is 4.27. The van der Waals surface area contributed by atoms with Gasteiger partial charge in [-0.15, -0.1) is 0 Å². The fourth-order valence-electron chi connectivity index (χ4n) is 3.20. The van der Waals surface area contributed by atoms with Gasteiger partial charge in [-0.25, -0.2) is 4.79 Å². The quantitative estimate of drug-likeness (QED) is 0.503. The van der Waals surface area contributed by atoms with Crippen molar-refractivity contribution in [3.05, 3.63) is 46.0 Å². The van der Waals surface area contributed by atoms with Crippen LogP contribution in [0.4, 0.5) is 0 Å². The molecule has 0 spiro atoms. The summed E-state index contributed by atoms with van der Waals surface area (Å²) in [6.45, 7) is 9.54. The van der Waals surface area contributed by atoms with Gasteiger partial charge in [0.05, 0.1) is 34.7 Å². The van der Waals surface area contributed by atoms with Crippen molar-refractivity contribution in [2.45, 2.75) is 47.2 Å². The second-order valence-corrected chi connectivity index (χ2v) is 8.31. The molecule has 0 radical (unpaired) electrons. The average Bonchev–Trinajstić information content (AvgIpc) is 3.29. The Labute approximate surface area is 189 Å². The van der Waals surface area contributed by atoms with Crippen LogP contribution in [-0.2, 0) is 20.8 Å². The minimum Gasteiger partial charge on any atom is -0.465 e. The zero-order valence-electron chi connectivity index (χ0n) is 18.7. The molecule has 0 aliphatic heterocycles. The van der Waals surface area contributed by atoms with Gasteiger partial charge in [-0.05, 0) is 58.9 Å². The molecular weight excluding hydrogens is 432 g/mol. The van der Waals surface area contributed by atoms with Crippen molar-refractivity contribution in [3.63, 3.8) is 0 Å². The number of fused-ring (bicyclic) bond motifs is 1. The Morgan fingerprint density at radius 3 is 2.50 bits per heavy atom. The fraction of sp³-hybridized carbons (Fsp3) is 0.409. The molecule has 170 valence electrons. The van der Waals surface area contributed by atoms with Crippen LogP contribution in [0.1, 0.15) is 60.3 Å². The maximum Gasteiger partial charge on any atom is 0.338 e. The highest BCUT2D eigenvalue weighted by Crippen LogP contribution is 2.21. The Morgan fingerprint density at radius 2 is 1.84 bits per heavy atom. The van der Waals surface area contributed by atoms with Gasteiger partial charge in [-0.1, -0.05) is 11.3 Å². The molecule has 9 nitrogen and oxygen atoms in total. The zero-order valence-corrected chi connectivity index (χ0v) is 19.6. The van der Waals surface area contributed by atoms with E-state index < -0.39 is 17.8 Å². The van der Waals surface area contributed by atoms with Crippen LogP contribution in [0.2, 0.25) is 0 Å². The van der Waals surface area contributed by atoms with Crippen LogP contribution >= 0.6 is 11.3 Å². The predicted molar refractivity (Wildman–Crippen MR) is 120 cm³/mol. The number of hydrogen-bond donors (Lipinski definition) is 0. The molecule has 2 aromatic heterocycles. The van der Waals surface area contributed by atoms with Crippen LogP contribution in [0, 0.1) is 6.92 Å². The number of aromatic nitrogens is 3. The first-order valence-electron chi connectivity index (χ1n) is 10.4. The first-order chi connectivity index (χ1) is 15.2. The van der Waals surface area contributed by atoms with E-state index >= 15 is 0 Å². The topological polar surface area (TPSA) is 105 Å². The molecule has 2 heterocycles. The third-order valence-electron chi connectivity index (χ3n) is 4.55. The Morgan fingerprint density at radius 1 is 1.12 bits per heavy atom. The van der Waals surface area contributed by atoms with Gasteiger partial charge in [0, 0.05) is 6.04 Å². The molecule has 32 heavy (non-hydrogen) atoms. The lowest BCUT2D eigenvalue weighted by molar-refractivity contribution is -0.143. The Hall–Kier alpha value is -3.27.